The van der Waals surface area contributed by atoms with Crippen molar-refractivity contribution in [2.75, 3.05) is 18.5 Å². The zero-order valence-electron chi connectivity index (χ0n) is 13.8. The summed E-state index contributed by atoms with van der Waals surface area (Å²) in [4.78, 5) is 12.1. The van der Waals surface area contributed by atoms with Gasteiger partial charge in [0.15, 0.2) is 0 Å². The number of nitrogens with one attached hydrogen (secondary N) is 2. The molecule has 0 aromatic heterocycles. The molecule has 3 N–H and O–H groups in total. The normalized spacial score (nSPS) is 16.8. The van der Waals surface area contributed by atoms with Crippen LogP contribution < -0.4 is 10.6 Å². The van der Waals surface area contributed by atoms with Gasteiger partial charge in [0, 0.05) is 17.8 Å². The number of aliphatic hydroxyl groups excluding tert-OH is 1. The third kappa shape index (κ3) is 3.95. The zero-order chi connectivity index (χ0) is 16.8. The van der Waals surface area contributed by atoms with Gasteiger partial charge < -0.3 is 15.7 Å². The molecule has 1 unspecified atom stereocenters. The fourth-order valence-electron chi connectivity index (χ4n) is 3.29. The maximum absolute atomic E-state index is 12.1. The highest BCUT2D eigenvalue weighted by Gasteiger charge is 2.18. The summed E-state index contributed by atoms with van der Waals surface area (Å²) in [5, 5.41) is 15.1. The van der Waals surface area contributed by atoms with E-state index < -0.39 is 0 Å². The Morgan fingerprint density at radius 2 is 2.00 bits per heavy atom. The maximum atomic E-state index is 12.1. The quantitative estimate of drug-likeness (QED) is 0.740. The zero-order valence-corrected chi connectivity index (χ0v) is 13.8. The standard InChI is InChI=1S/C20H24N2O2/c23-13-12-21-20(24)16-8-5-9-17(14-16)22-19-11-4-2-7-15-6-1-3-10-18(15)19/h1,3,5-6,8-10,14,19,22-23H,2,4,7,11-13H2,(H,21,24). The Morgan fingerprint density at radius 3 is 2.88 bits per heavy atom. The molecule has 0 fully saturated rings. The van der Waals surface area contributed by atoms with Gasteiger partial charge in [-0.15, -0.1) is 0 Å². The van der Waals surface area contributed by atoms with Gasteiger partial charge in [0.2, 0.25) is 0 Å². The summed E-state index contributed by atoms with van der Waals surface area (Å²) in [5.41, 5.74) is 4.35. The van der Waals surface area contributed by atoms with Crippen molar-refractivity contribution in [1.82, 2.24) is 5.32 Å². The predicted molar refractivity (Wildman–Crippen MR) is 96.2 cm³/mol. The van der Waals surface area contributed by atoms with Crippen LogP contribution in [-0.4, -0.2) is 24.2 Å². The maximum Gasteiger partial charge on any atom is 0.251 e. The molecule has 2 aromatic carbocycles. The Balaban J connectivity index is 1.77. The first-order chi connectivity index (χ1) is 11.8. The van der Waals surface area contributed by atoms with Crippen molar-refractivity contribution < 1.29 is 9.90 Å². The minimum atomic E-state index is -0.158. The summed E-state index contributed by atoms with van der Waals surface area (Å²) in [5.74, 6) is -0.158. The van der Waals surface area contributed by atoms with E-state index in [1.54, 1.807) is 6.07 Å². The SMILES string of the molecule is O=C(NCCO)c1cccc(NC2CCCCc3ccccc32)c1. The van der Waals surface area contributed by atoms with Gasteiger partial charge in [-0.3, -0.25) is 4.79 Å². The molecule has 0 aliphatic heterocycles. The molecule has 0 spiro atoms. The number of anilines is 1. The van der Waals surface area contributed by atoms with E-state index in [-0.39, 0.29) is 25.1 Å². The summed E-state index contributed by atoms with van der Waals surface area (Å²) >= 11 is 0. The summed E-state index contributed by atoms with van der Waals surface area (Å²) in [6.45, 7) is 0.217. The molecule has 2 aromatic rings. The summed E-state index contributed by atoms with van der Waals surface area (Å²) < 4.78 is 0. The molecular formula is C20H24N2O2. The topological polar surface area (TPSA) is 61.4 Å². The van der Waals surface area contributed by atoms with Crippen molar-refractivity contribution in [3.05, 3.63) is 65.2 Å². The van der Waals surface area contributed by atoms with Gasteiger partial charge in [-0.05, 0) is 48.6 Å². The number of amides is 1. The lowest BCUT2D eigenvalue weighted by Crippen LogP contribution is -2.26. The molecule has 126 valence electrons. The van der Waals surface area contributed by atoms with Gasteiger partial charge in [0.25, 0.3) is 5.91 Å². The van der Waals surface area contributed by atoms with Crippen LogP contribution in [-0.2, 0) is 6.42 Å². The molecule has 1 amide bonds. The molecule has 0 heterocycles. The fraction of sp³-hybridized carbons (Fsp3) is 0.350. The van der Waals surface area contributed by atoms with Crippen LogP contribution in [0, 0.1) is 0 Å². The van der Waals surface area contributed by atoms with Crippen LogP contribution in [0.25, 0.3) is 0 Å². The summed E-state index contributed by atoms with van der Waals surface area (Å²) in [7, 11) is 0. The number of benzene rings is 2. The molecule has 1 atom stereocenters. The number of carbonyl (C=O) groups excluding carboxylic acids is 1. The van der Waals surface area contributed by atoms with Crippen LogP contribution in [0.1, 0.15) is 46.8 Å². The lowest BCUT2D eigenvalue weighted by Gasteiger charge is -2.21. The Labute approximate surface area is 142 Å². The van der Waals surface area contributed by atoms with Crippen LogP contribution in [0.4, 0.5) is 5.69 Å². The van der Waals surface area contributed by atoms with E-state index in [0.717, 1.165) is 18.5 Å². The highest BCUT2D eigenvalue weighted by molar-refractivity contribution is 5.95. The van der Waals surface area contributed by atoms with Crippen molar-refractivity contribution in [2.45, 2.75) is 31.7 Å². The number of carbonyl (C=O) groups is 1. The monoisotopic (exact) mass is 324 g/mol. The molecule has 0 saturated carbocycles. The fourth-order valence-corrected chi connectivity index (χ4v) is 3.29. The molecule has 3 rings (SSSR count). The van der Waals surface area contributed by atoms with Crippen molar-refractivity contribution in [2.24, 2.45) is 0 Å². The van der Waals surface area contributed by atoms with E-state index in [1.165, 1.54) is 24.0 Å². The molecule has 1 aliphatic rings. The number of fused-ring (bicyclic) bond motifs is 1. The molecule has 4 nitrogen and oxygen atoms in total. The van der Waals surface area contributed by atoms with Crippen molar-refractivity contribution in [3.8, 4) is 0 Å². The van der Waals surface area contributed by atoms with Gasteiger partial charge in [-0.1, -0.05) is 36.8 Å². The van der Waals surface area contributed by atoms with Crippen LogP contribution in [0.5, 0.6) is 0 Å². The first-order valence-corrected chi connectivity index (χ1v) is 8.61. The van der Waals surface area contributed by atoms with Gasteiger partial charge in [0.1, 0.15) is 0 Å². The van der Waals surface area contributed by atoms with Crippen LogP contribution >= 0.6 is 0 Å². The van der Waals surface area contributed by atoms with E-state index in [2.05, 4.69) is 34.9 Å². The first-order valence-electron chi connectivity index (χ1n) is 8.61. The van der Waals surface area contributed by atoms with Crippen molar-refractivity contribution in [1.29, 1.82) is 0 Å². The smallest absolute Gasteiger partial charge is 0.251 e. The van der Waals surface area contributed by atoms with E-state index >= 15 is 0 Å². The van der Waals surface area contributed by atoms with E-state index in [1.807, 2.05) is 18.2 Å². The Kier molecular flexibility index (Phi) is 5.49. The van der Waals surface area contributed by atoms with Crippen LogP contribution in [0.3, 0.4) is 0 Å². The summed E-state index contributed by atoms with van der Waals surface area (Å²) in [6, 6.07) is 16.4. The third-order valence-corrected chi connectivity index (χ3v) is 4.48. The molecule has 0 bridgehead atoms. The van der Waals surface area contributed by atoms with Crippen molar-refractivity contribution >= 4 is 11.6 Å². The lowest BCUT2D eigenvalue weighted by atomic mass is 9.99. The van der Waals surface area contributed by atoms with E-state index in [9.17, 15) is 4.79 Å². The van der Waals surface area contributed by atoms with Gasteiger partial charge in [0.05, 0.1) is 12.6 Å². The van der Waals surface area contributed by atoms with Crippen molar-refractivity contribution in [3.63, 3.8) is 0 Å². The second-order valence-corrected chi connectivity index (χ2v) is 6.20. The number of hydrogen-bond acceptors (Lipinski definition) is 3. The number of aryl methyl sites for hydroxylation is 1. The predicted octanol–water partition coefficient (Wildman–Crippen LogP) is 3.29. The molecule has 0 saturated heterocycles. The number of hydrogen-bond donors (Lipinski definition) is 3. The number of aliphatic hydroxyl groups is 1. The molecular weight excluding hydrogens is 300 g/mol. The van der Waals surface area contributed by atoms with Crippen LogP contribution in [0.2, 0.25) is 0 Å². The molecule has 4 heteroatoms. The highest BCUT2D eigenvalue weighted by Crippen LogP contribution is 2.31. The second kappa shape index (κ2) is 7.97. The third-order valence-electron chi connectivity index (χ3n) is 4.48. The minimum absolute atomic E-state index is 0.0530. The highest BCUT2D eigenvalue weighted by atomic mass is 16.3. The molecule has 0 radical (unpaired) electrons. The summed E-state index contributed by atoms with van der Waals surface area (Å²) in [6.07, 6.45) is 4.65. The van der Waals surface area contributed by atoms with Gasteiger partial charge >= 0.3 is 0 Å². The minimum Gasteiger partial charge on any atom is -0.395 e. The lowest BCUT2D eigenvalue weighted by molar-refractivity contribution is 0.0945. The van der Waals surface area contributed by atoms with Gasteiger partial charge in [-0.25, -0.2) is 0 Å². The second-order valence-electron chi connectivity index (χ2n) is 6.20. The first kappa shape index (κ1) is 16.5. The Morgan fingerprint density at radius 1 is 1.12 bits per heavy atom. The number of rotatable bonds is 5. The van der Waals surface area contributed by atoms with Crippen LogP contribution in [0.15, 0.2) is 48.5 Å². The Hall–Kier alpha value is -2.33. The van der Waals surface area contributed by atoms with E-state index in [4.69, 9.17) is 5.11 Å². The average Bonchev–Trinajstić information content (AvgIpc) is 2.82. The van der Waals surface area contributed by atoms with E-state index in [0.29, 0.717) is 5.56 Å². The molecule has 24 heavy (non-hydrogen) atoms. The largest absolute Gasteiger partial charge is 0.395 e. The Bertz CT molecular complexity index is 700. The van der Waals surface area contributed by atoms with Gasteiger partial charge in [-0.2, -0.15) is 0 Å². The average molecular weight is 324 g/mol. The molecule has 1 aliphatic carbocycles.